The fraction of sp³-hybridized carbons (Fsp3) is 0.111. The number of benzene rings is 3. The molecule has 2 nitrogen and oxygen atoms in total. The molecular weight excluding hydrogens is 246 g/mol. The molecule has 1 aliphatic rings. The van der Waals surface area contributed by atoms with Gasteiger partial charge in [-0.25, -0.2) is 0 Å². The number of hydrogen-bond donors (Lipinski definition) is 1. The second-order valence-electron chi connectivity index (χ2n) is 5.20. The summed E-state index contributed by atoms with van der Waals surface area (Å²) in [7, 11) is 0. The number of nitrogens with zero attached hydrogens (tertiary/aromatic N) is 1. The van der Waals surface area contributed by atoms with Gasteiger partial charge in [0.05, 0.1) is 0 Å². The molecule has 1 N–H and O–H groups in total. The van der Waals surface area contributed by atoms with Crippen molar-refractivity contribution in [2.45, 2.75) is 6.23 Å². The molecule has 3 aromatic rings. The molecule has 1 aliphatic heterocycles. The van der Waals surface area contributed by atoms with Crippen LogP contribution in [0.4, 0.5) is 5.69 Å². The van der Waals surface area contributed by atoms with E-state index in [2.05, 4.69) is 36.9 Å². The number of anilines is 1. The first-order valence-corrected chi connectivity index (χ1v) is 6.81. The second kappa shape index (κ2) is 4.09. The van der Waals surface area contributed by atoms with Gasteiger partial charge in [0.1, 0.15) is 0 Å². The molecule has 1 unspecified atom stereocenters. The van der Waals surface area contributed by atoms with Crippen molar-refractivity contribution in [1.29, 1.82) is 0 Å². The Balaban J connectivity index is 2.17. The number of rotatable bonds is 2. The molecule has 1 atom stereocenters. The fourth-order valence-electron chi connectivity index (χ4n) is 3.25. The van der Waals surface area contributed by atoms with Crippen LogP contribution in [-0.2, 0) is 0 Å². The van der Waals surface area contributed by atoms with Gasteiger partial charge >= 0.3 is 0 Å². The van der Waals surface area contributed by atoms with E-state index in [9.17, 15) is 5.11 Å². The molecule has 3 aromatic carbocycles. The SMILES string of the molecule is C=CCN1c2cc3ccccc3c3cccc(c23)C1O. The van der Waals surface area contributed by atoms with Crippen LogP contribution < -0.4 is 4.90 Å². The molecule has 0 fully saturated rings. The minimum absolute atomic E-state index is 0.580. The molecule has 1 heterocycles. The van der Waals surface area contributed by atoms with E-state index in [1.165, 1.54) is 21.5 Å². The molecule has 0 aromatic heterocycles. The monoisotopic (exact) mass is 261 g/mol. The summed E-state index contributed by atoms with van der Waals surface area (Å²) in [5.41, 5.74) is 2.09. The van der Waals surface area contributed by atoms with Crippen LogP contribution in [0.3, 0.4) is 0 Å². The molecule has 0 radical (unpaired) electrons. The summed E-state index contributed by atoms with van der Waals surface area (Å²) >= 11 is 0. The standard InChI is InChI=1S/C18H15NO/c1-2-10-19-16-11-12-6-3-4-7-13(12)14-8-5-9-15(17(14)16)18(19)20/h2-9,11,18,20H,1,10H2. The van der Waals surface area contributed by atoms with Crippen LogP contribution in [0, 0.1) is 0 Å². The Morgan fingerprint density at radius 1 is 1.10 bits per heavy atom. The van der Waals surface area contributed by atoms with Crippen molar-refractivity contribution >= 4 is 27.2 Å². The fourth-order valence-corrected chi connectivity index (χ4v) is 3.25. The van der Waals surface area contributed by atoms with Gasteiger partial charge < -0.3 is 10.0 Å². The van der Waals surface area contributed by atoms with Crippen LogP contribution in [-0.4, -0.2) is 11.7 Å². The minimum Gasteiger partial charge on any atom is -0.369 e. The predicted molar refractivity (Wildman–Crippen MR) is 84.0 cm³/mol. The average Bonchev–Trinajstić information content (AvgIpc) is 2.75. The van der Waals surface area contributed by atoms with Gasteiger partial charge in [-0.2, -0.15) is 0 Å². The maximum absolute atomic E-state index is 10.5. The lowest BCUT2D eigenvalue weighted by Crippen LogP contribution is -2.24. The van der Waals surface area contributed by atoms with Gasteiger partial charge in [-0.05, 0) is 22.2 Å². The highest BCUT2D eigenvalue weighted by atomic mass is 16.3. The number of aliphatic hydroxyl groups is 1. The second-order valence-corrected chi connectivity index (χ2v) is 5.20. The highest BCUT2D eigenvalue weighted by Gasteiger charge is 2.29. The van der Waals surface area contributed by atoms with Crippen LogP contribution in [0.1, 0.15) is 11.8 Å². The lowest BCUT2D eigenvalue weighted by molar-refractivity contribution is 0.181. The van der Waals surface area contributed by atoms with E-state index in [1.54, 1.807) is 0 Å². The predicted octanol–water partition coefficient (Wildman–Crippen LogP) is 3.99. The maximum Gasteiger partial charge on any atom is 0.154 e. The minimum atomic E-state index is -0.580. The number of fused-ring (bicyclic) bond motifs is 2. The summed E-state index contributed by atoms with van der Waals surface area (Å²) in [6.45, 7) is 4.44. The third-order valence-corrected chi connectivity index (χ3v) is 4.10. The van der Waals surface area contributed by atoms with Crippen molar-refractivity contribution < 1.29 is 5.11 Å². The van der Waals surface area contributed by atoms with Crippen molar-refractivity contribution in [2.24, 2.45) is 0 Å². The largest absolute Gasteiger partial charge is 0.369 e. The zero-order chi connectivity index (χ0) is 13.7. The maximum atomic E-state index is 10.5. The summed E-state index contributed by atoms with van der Waals surface area (Å²) in [5, 5.41) is 15.4. The quantitative estimate of drug-likeness (QED) is 0.557. The van der Waals surface area contributed by atoms with E-state index in [4.69, 9.17) is 0 Å². The molecule has 0 aliphatic carbocycles. The third-order valence-electron chi connectivity index (χ3n) is 4.10. The zero-order valence-electron chi connectivity index (χ0n) is 11.1. The Hall–Kier alpha value is -2.32. The van der Waals surface area contributed by atoms with E-state index in [0.717, 1.165) is 11.3 Å². The van der Waals surface area contributed by atoms with E-state index in [1.807, 2.05) is 29.2 Å². The molecule has 0 bridgehead atoms. The Labute approximate surface area is 117 Å². The van der Waals surface area contributed by atoms with Gasteiger partial charge in [-0.1, -0.05) is 48.5 Å². The Kier molecular flexibility index (Phi) is 2.35. The molecule has 4 rings (SSSR count). The molecule has 0 saturated carbocycles. The normalized spacial score (nSPS) is 17.1. The Morgan fingerprint density at radius 2 is 1.90 bits per heavy atom. The topological polar surface area (TPSA) is 23.5 Å². The van der Waals surface area contributed by atoms with Gasteiger partial charge in [0.2, 0.25) is 0 Å². The van der Waals surface area contributed by atoms with Gasteiger partial charge in [0, 0.05) is 23.2 Å². The lowest BCUT2D eigenvalue weighted by Gasteiger charge is -2.22. The molecular formula is C18H15NO. The highest BCUT2D eigenvalue weighted by Crippen LogP contribution is 2.45. The van der Waals surface area contributed by atoms with Crippen LogP contribution in [0.5, 0.6) is 0 Å². The average molecular weight is 261 g/mol. The first-order chi connectivity index (χ1) is 9.81. The number of aliphatic hydroxyl groups excluding tert-OH is 1. The summed E-state index contributed by atoms with van der Waals surface area (Å²) in [5.74, 6) is 0. The third kappa shape index (κ3) is 1.37. The molecule has 0 amide bonds. The van der Waals surface area contributed by atoms with Crippen molar-refractivity contribution in [3.05, 3.63) is 66.7 Å². The number of hydrogen-bond acceptors (Lipinski definition) is 2. The van der Waals surface area contributed by atoms with Crippen molar-refractivity contribution in [3.63, 3.8) is 0 Å². The molecule has 0 spiro atoms. The summed E-state index contributed by atoms with van der Waals surface area (Å²) in [4.78, 5) is 2.00. The summed E-state index contributed by atoms with van der Waals surface area (Å²) in [6.07, 6.45) is 1.25. The molecule has 20 heavy (non-hydrogen) atoms. The van der Waals surface area contributed by atoms with Gasteiger partial charge in [-0.3, -0.25) is 0 Å². The van der Waals surface area contributed by atoms with Crippen molar-refractivity contribution in [1.82, 2.24) is 0 Å². The van der Waals surface area contributed by atoms with Crippen LogP contribution in [0.2, 0.25) is 0 Å². The Morgan fingerprint density at radius 3 is 2.75 bits per heavy atom. The first-order valence-electron chi connectivity index (χ1n) is 6.81. The van der Waals surface area contributed by atoms with Crippen molar-refractivity contribution in [3.8, 4) is 0 Å². The Bertz CT molecular complexity index is 837. The van der Waals surface area contributed by atoms with E-state index in [0.29, 0.717) is 6.54 Å². The molecule has 0 saturated heterocycles. The van der Waals surface area contributed by atoms with Crippen LogP contribution in [0.25, 0.3) is 21.5 Å². The lowest BCUT2D eigenvalue weighted by atomic mass is 9.98. The van der Waals surface area contributed by atoms with E-state index in [-0.39, 0.29) is 0 Å². The first kappa shape index (κ1) is 11.5. The van der Waals surface area contributed by atoms with Gasteiger partial charge in [-0.15, -0.1) is 6.58 Å². The van der Waals surface area contributed by atoms with Crippen LogP contribution in [0.15, 0.2) is 61.2 Å². The van der Waals surface area contributed by atoms with Crippen LogP contribution >= 0.6 is 0 Å². The smallest absolute Gasteiger partial charge is 0.154 e. The van der Waals surface area contributed by atoms with Gasteiger partial charge in [0.15, 0.2) is 6.23 Å². The van der Waals surface area contributed by atoms with E-state index >= 15 is 0 Å². The van der Waals surface area contributed by atoms with Crippen molar-refractivity contribution in [2.75, 3.05) is 11.4 Å². The zero-order valence-corrected chi connectivity index (χ0v) is 11.1. The summed E-state index contributed by atoms with van der Waals surface area (Å²) < 4.78 is 0. The molecule has 98 valence electrons. The van der Waals surface area contributed by atoms with E-state index < -0.39 is 6.23 Å². The summed E-state index contributed by atoms with van der Waals surface area (Å²) in [6, 6.07) is 16.7. The van der Waals surface area contributed by atoms with Gasteiger partial charge in [0.25, 0.3) is 0 Å². The highest BCUT2D eigenvalue weighted by molar-refractivity contribution is 6.15. The molecule has 2 heteroatoms.